The second-order valence-electron chi connectivity index (χ2n) is 9.75. The predicted octanol–water partition coefficient (Wildman–Crippen LogP) is 6.36. The number of halogens is 1. The van der Waals surface area contributed by atoms with Crippen molar-refractivity contribution in [3.63, 3.8) is 0 Å². The maximum Gasteiger partial charge on any atom is 0.410 e. The summed E-state index contributed by atoms with van der Waals surface area (Å²) in [6.07, 6.45) is 2.56. The molecule has 0 saturated carbocycles. The van der Waals surface area contributed by atoms with Gasteiger partial charge in [0.05, 0.1) is 13.2 Å². The number of amides is 1. The Morgan fingerprint density at radius 1 is 1.29 bits per heavy atom. The quantitative estimate of drug-likeness (QED) is 0.463. The van der Waals surface area contributed by atoms with Crippen LogP contribution >= 0.6 is 11.6 Å². The number of rotatable bonds is 7. The van der Waals surface area contributed by atoms with Crippen molar-refractivity contribution >= 4 is 17.7 Å². The Morgan fingerprint density at radius 2 is 2.03 bits per heavy atom. The maximum atomic E-state index is 12.8. The molecule has 0 radical (unpaired) electrons. The van der Waals surface area contributed by atoms with Crippen molar-refractivity contribution in [1.29, 1.82) is 0 Å². The SMILES string of the molecule is C=CCC[C@](O)(c1cccc(Cl)c1-c1cccc(CC)c1)C1CN(C(=O)OC(C)(C)C)CCO1. The predicted molar refractivity (Wildman–Crippen MR) is 137 cm³/mol. The third kappa shape index (κ3) is 6.01. The van der Waals surface area contributed by atoms with Crippen molar-refractivity contribution in [2.24, 2.45) is 0 Å². The largest absolute Gasteiger partial charge is 0.444 e. The Bertz CT molecular complexity index is 1020. The Balaban J connectivity index is 2.05. The van der Waals surface area contributed by atoms with E-state index in [1.54, 1.807) is 11.0 Å². The van der Waals surface area contributed by atoms with Crippen LogP contribution in [-0.2, 0) is 21.5 Å². The van der Waals surface area contributed by atoms with Gasteiger partial charge in [-0.25, -0.2) is 4.79 Å². The van der Waals surface area contributed by atoms with Crippen LogP contribution in [-0.4, -0.2) is 47.5 Å². The molecule has 1 heterocycles. The molecule has 0 aromatic heterocycles. The highest BCUT2D eigenvalue weighted by molar-refractivity contribution is 6.33. The fourth-order valence-electron chi connectivity index (χ4n) is 4.35. The van der Waals surface area contributed by atoms with Crippen LogP contribution in [0.15, 0.2) is 55.1 Å². The van der Waals surface area contributed by atoms with Crippen LogP contribution in [0.3, 0.4) is 0 Å². The lowest BCUT2D eigenvalue weighted by molar-refractivity contribution is -0.149. The topological polar surface area (TPSA) is 59.0 Å². The number of hydrogen-bond donors (Lipinski definition) is 1. The minimum absolute atomic E-state index is 0.212. The van der Waals surface area contributed by atoms with Gasteiger partial charge in [0, 0.05) is 17.1 Å². The molecule has 2 aromatic carbocycles. The summed E-state index contributed by atoms with van der Waals surface area (Å²) in [5.41, 5.74) is 1.60. The van der Waals surface area contributed by atoms with Gasteiger partial charge in [-0.3, -0.25) is 0 Å². The number of ether oxygens (including phenoxy) is 2. The molecule has 1 aliphatic rings. The van der Waals surface area contributed by atoms with Gasteiger partial charge in [0.2, 0.25) is 0 Å². The van der Waals surface area contributed by atoms with E-state index in [1.165, 1.54) is 5.56 Å². The average Bonchev–Trinajstić information content (AvgIpc) is 2.81. The lowest BCUT2D eigenvalue weighted by atomic mass is 9.79. The van der Waals surface area contributed by atoms with Gasteiger partial charge >= 0.3 is 6.09 Å². The van der Waals surface area contributed by atoms with E-state index in [-0.39, 0.29) is 6.54 Å². The molecule has 1 unspecified atom stereocenters. The zero-order chi connectivity index (χ0) is 24.9. The summed E-state index contributed by atoms with van der Waals surface area (Å²) >= 11 is 6.73. The fraction of sp³-hybridized carbons (Fsp3) is 0.464. The number of hydrogen-bond acceptors (Lipinski definition) is 4. The second kappa shape index (κ2) is 10.9. The number of allylic oxidation sites excluding steroid dienone is 1. The molecule has 1 N–H and O–H groups in total. The van der Waals surface area contributed by atoms with Crippen LogP contribution in [0.2, 0.25) is 5.02 Å². The van der Waals surface area contributed by atoms with Crippen LogP contribution in [0.1, 0.15) is 51.7 Å². The average molecular weight is 486 g/mol. The molecule has 2 atom stereocenters. The van der Waals surface area contributed by atoms with Crippen LogP contribution in [0, 0.1) is 0 Å². The van der Waals surface area contributed by atoms with Gasteiger partial charge in [-0.05, 0) is 62.8 Å². The number of aliphatic hydroxyl groups is 1. The summed E-state index contributed by atoms with van der Waals surface area (Å²) in [5, 5.41) is 12.8. The number of carbonyl (C=O) groups is 1. The first-order valence-corrected chi connectivity index (χ1v) is 12.3. The van der Waals surface area contributed by atoms with E-state index in [1.807, 2.05) is 51.1 Å². The first-order valence-electron chi connectivity index (χ1n) is 11.9. The summed E-state index contributed by atoms with van der Waals surface area (Å²) in [6.45, 7) is 12.4. The Kier molecular flexibility index (Phi) is 8.45. The molecule has 5 nitrogen and oxygen atoms in total. The summed E-state index contributed by atoms with van der Waals surface area (Å²) < 4.78 is 11.7. The van der Waals surface area contributed by atoms with Gasteiger partial charge in [0.1, 0.15) is 17.3 Å². The molecule has 1 aliphatic heterocycles. The fourth-order valence-corrected chi connectivity index (χ4v) is 4.63. The Hall–Kier alpha value is -2.34. The highest BCUT2D eigenvalue weighted by atomic mass is 35.5. The van der Waals surface area contributed by atoms with Crippen molar-refractivity contribution in [1.82, 2.24) is 4.90 Å². The van der Waals surface area contributed by atoms with Crippen LogP contribution in [0.25, 0.3) is 11.1 Å². The van der Waals surface area contributed by atoms with E-state index in [2.05, 4.69) is 25.6 Å². The minimum atomic E-state index is -1.39. The molecule has 2 aromatic rings. The van der Waals surface area contributed by atoms with Crippen LogP contribution in [0.4, 0.5) is 4.79 Å². The number of aryl methyl sites for hydroxylation is 1. The third-order valence-corrected chi connectivity index (χ3v) is 6.40. The van der Waals surface area contributed by atoms with Crippen molar-refractivity contribution < 1.29 is 19.4 Å². The smallest absolute Gasteiger partial charge is 0.410 e. The molecule has 3 rings (SSSR count). The molecule has 1 amide bonds. The third-order valence-electron chi connectivity index (χ3n) is 6.08. The van der Waals surface area contributed by atoms with E-state index in [0.717, 1.165) is 17.5 Å². The summed E-state index contributed by atoms with van der Waals surface area (Å²) in [7, 11) is 0. The van der Waals surface area contributed by atoms with Crippen LogP contribution < -0.4 is 0 Å². The Morgan fingerprint density at radius 3 is 2.71 bits per heavy atom. The van der Waals surface area contributed by atoms with E-state index < -0.39 is 23.4 Å². The van der Waals surface area contributed by atoms with Crippen molar-refractivity contribution in [3.8, 4) is 11.1 Å². The first kappa shape index (κ1) is 26.3. The highest BCUT2D eigenvalue weighted by Gasteiger charge is 2.44. The van der Waals surface area contributed by atoms with Crippen molar-refractivity contribution in [2.75, 3.05) is 19.7 Å². The number of benzene rings is 2. The molecule has 0 spiro atoms. The van der Waals surface area contributed by atoms with Crippen LogP contribution in [0.5, 0.6) is 0 Å². The molecule has 1 fully saturated rings. The summed E-state index contributed by atoms with van der Waals surface area (Å²) in [5.74, 6) is 0. The second-order valence-corrected chi connectivity index (χ2v) is 10.2. The maximum absolute atomic E-state index is 12.8. The number of carbonyl (C=O) groups excluding carboxylic acids is 1. The molecular formula is C28H36ClNO4. The normalized spacial score (nSPS) is 18.3. The zero-order valence-electron chi connectivity index (χ0n) is 20.6. The molecule has 34 heavy (non-hydrogen) atoms. The standard InChI is InChI=1S/C28H36ClNO4/c1-6-8-15-28(32,24-19-30(16-17-33-24)26(31)34-27(3,4)5)22-13-10-14-23(29)25(22)21-12-9-11-20(7-2)18-21/h6,9-14,18,24,32H,1,7-8,15-17,19H2,2-5H3/t24?,28-/m0/s1. The molecule has 6 heteroatoms. The van der Waals surface area contributed by atoms with Crippen molar-refractivity contribution in [3.05, 3.63) is 71.3 Å². The van der Waals surface area contributed by atoms with E-state index in [9.17, 15) is 9.90 Å². The van der Waals surface area contributed by atoms with E-state index in [4.69, 9.17) is 21.1 Å². The summed E-state index contributed by atoms with van der Waals surface area (Å²) in [6, 6.07) is 13.8. The minimum Gasteiger partial charge on any atom is -0.444 e. The number of nitrogens with zero attached hydrogens (tertiary/aromatic N) is 1. The Labute approximate surface area is 208 Å². The van der Waals surface area contributed by atoms with Crippen molar-refractivity contribution in [2.45, 2.75) is 64.3 Å². The molecule has 1 saturated heterocycles. The van der Waals surface area contributed by atoms with Gasteiger partial charge < -0.3 is 19.5 Å². The molecule has 184 valence electrons. The van der Waals surface area contributed by atoms with Gasteiger partial charge in [-0.1, -0.05) is 61.0 Å². The molecule has 0 aliphatic carbocycles. The van der Waals surface area contributed by atoms with Gasteiger partial charge in [-0.15, -0.1) is 6.58 Å². The first-order chi connectivity index (χ1) is 16.1. The lowest BCUT2D eigenvalue weighted by Crippen LogP contribution is -2.55. The van der Waals surface area contributed by atoms with E-state index >= 15 is 0 Å². The molecule has 0 bridgehead atoms. The summed E-state index contributed by atoms with van der Waals surface area (Å²) in [4.78, 5) is 14.4. The monoisotopic (exact) mass is 485 g/mol. The van der Waals surface area contributed by atoms with Gasteiger partial charge in [-0.2, -0.15) is 0 Å². The molecular weight excluding hydrogens is 450 g/mol. The lowest BCUT2D eigenvalue weighted by Gasteiger charge is -2.43. The zero-order valence-corrected chi connectivity index (χ0v) is 21.4. The number of morpholine rings is 1. The van der Waals surface area contributed by atoms with E-state index in [0.29, 0.717) is 36.6 Å². The van der Waals surface area contributed by atoms with Gasteiger partial charge in [0.15, 0.2) is 0 Å². The van der Waals surface area contributed by atoms with Gasteiger partial charge in [0.25, 0.3) is 0 Å². The highest BCUT2D eigenvalue weighted by Crippen LogP contribution is 2.43.